The number of hydrogen-bond acceptors (Lipinski definition) is 6. The van der Waals surface area contributed by atoms with E-state index in [1.54, 1.807) is 0 Å². The highest BCUT2D eigenvalue weighted by molar-refractivity contribution is 5.98. The summed E-state index contributed by atoms with van der Waals surface area (Å²) in [5.41, 5.74) is 3.99. The van der Waals surface area contributed by atoms with Gasteiger partial charge in [-0.2, -0.15) is 0 Å². The SMILES string of the molecule is Nc1ccc([N+](=O)[O-])cc1C(=O)OCC(=O)Nc1ccc(F)c(F)c1F. The van der Waals surface area contributed by atoms with Crippen molar-refractivity contribution in [3.63, 3.8) is 0 Å². The largest absolute Gasteiger partial charge is 0.452 e. The quantitative estimate of drug-likeness (QED) is 0.274. The molecule has 0 saturated carbocycles. The fourth-order valence-electron chi connectivity index (χ4n) is 1.85. The molecule has 2 rings (SSSR count). The Hall–Kier alpha value is -3.63. The number of amides is 1. The Bertz CT molecular complexity index is 904. The number of carbonyl (C=O) groups excluding carboxylic acids is 2. The van der Waals surface area contributed by atoms with Gasteiger partial charge in [0.15, 0.2) is 24.1 Å². The van der Waals surface area contributed by atoms with E-state index in [2.05, 4.69) is 4.74 Å². The number of nitrogens with two attached hydrogens (primary N) is 1. The zero-order valence-electron chi connectivity index (χ0n) is 12.8. The third-order valence-electron chi connectivity index (χ3n) is 3.11. The number of carbonyl (C=O) groups is 2. The molecule has 0 bridgehead atoms. The Balaban J connectivity index is 2.04. The van der Waals surface area contributed by atoms with E-state index in [0.29, 0.717) is 6.07 Å². The summed E-state index contributed by atoms with van der Waals surface area (Å²) in [7, 11) is 0. The maximum Gasteiger partial charge on any atom is 0.341 e. The number of benzene rings is 2. The van der Waals surface area contributed by atoms with E-state index in [1.807, 2.05) is 5.32 Å². The predicted molar refractivity (Wildman–Crippen MR) is 82.7 cm³/mol. The number of nitrogens with zero attached hydrogens (tertiary/aromatic N) is 1. The minimum Gasteiger partial charge on any atom is -0.452 e. The number of ether oxygens (including phenoxy) is 1. The van der Waals surface area contributed by atoms with Crippen molar-refractivity contribution < 1.29 is 32.4 Å². The van der Waals surface area contributed by atoms with Gasteiger partial charge in [0, 0.05) is 17.8 Å². The molecule has 0 atom stereocenters. The molecule has 0 aromatic heterocycles. The summed E-state index contributed by atoms with van der Waals surface area (Å²) >= 11 is 0. The summed E-state index contributed by atoms with van der Waals surface area (Å²) < 4.78 is 43.9. The van der Waals surface area contributed by atoms with Crippen molar-refractivity contribution in [3.8, 4) is 0 Å². The second kappa shape index (κ2) is 7.51. The highest BCUT2D eigenvalue weighted by Crippen LogP contribution is 2.21. The lowest BCUT2D eigenvalue weighted by Gasteiger charge is -2.09. The van der Waals surface area contributed by atoms with Gasteiger partial charge in [-0.25, -0.2) is 18.0 Å². The lowest BCUT2D eigenvalue weighted by atomic mass is 10.1. The first-order valence-electron chi connectivity index (χ1n) is 6.85. The van der Waals surface area contributed by atoms with Crippen LogP contribution in [0.5, 0.6) is 0 Å². The second-order valence-electron chi connectivity index (χ2n) is 4.88. The standard InChI is InChI=1S/C15H10F3N3O5/c16-9-2-4-11(14(18)13(9)17)20-12(22)6-26-15(23)8-5-7(21(24)25)1-3-10(8)19/h1-5H,6,19H2,(H,20,22). The molecular formula is C15H10F3N3O5. The lowest BCUT2D eigenvalue weighted by Crippen LogP contribution is -2.22. The predicted octanol–water partition coefficient (Wildman–Crippen LogP) is 2.39. The van der Waals surface area contributed by atoms with E-state index in [9.17, 15) is 32.9 Å². The summed E-state index contributed by atoms with van der Waals surface area (Å²) in [4.78, 5) is 33.5. The van der Waals surface area contributed by atoms with Gasteiger partial charge in [0.05, 0.1) is 16.2 Å². The molecule has 1 amide bonds. The van der Waals surface area contributed by atoms with E-state index in [4.69, 9.17) is 5.73 Å². The van der Waals surface area contributed by atoms with E-state index >= 15 is 0 Å². The van der Waals surface area contributed by atoms with Crippen molar-refractivity contribution in [1.29, 1.82) is 0 Å². The molecule has 0 unspecified atom stereocenters. The van der Waals surface area contributed by atoms with Crippen LogP contribution in [0.15, 0.2) is 30.3 Å². The lowest BCUT2D eigenvalue weighted by molar-refractivity contribution is -0.384. The molecule has 0 aliphatic rings. The molecule has 26 heavy (non-hydrogen) atoms. The van der Waals surface area contributed by atoms with Crippen LogP contribution >= 0.6 is 0 Å². The molecule has 0 aliphatic heterocycles. The first-order valence-corrected chi connectivity index (χ1v) is 6.85. The Morgan fingerprint density at radius 3 is 2.50 bits per heavy atom. The van der Waals surface area contributed by atoms with Gasteiger partial charge in [0.2, 0.25) is 0 Å². The maximum absolute atomic E-state index is 13.4. The molecule has 8 nitrogen and oxygen atoms in total. The summed E-state index contributed by atoms with van der Waals surface area (Å²) in [6.07, 6.45) is 0. The molecule has 2 aromatic rings. The van der Waals surface area contributed by atoms with Crippen LogP contribution in [0.3, 0.4) is 0 Å². The van der Waals surface area contributed by atoms with Gasteiger partial charge in [-0.1, -0.05) is 0 Å². The van der Waals surface area contributed by atoms with E-state index in [0.717, 1.165) is 24.3 Å². The molecule has 0 fully saturated rings. The van der Waals surface area contributed by atoms with Crippen molar-refractivity contribution >= 4 is 28.9 Å². The molecular weight excluding hydrogens is 359 g/mol. The van der Waals surface area contributed by atoms with Gasteiger partial charge in [-0.15, -0.1) is 0 Å². The molecule has 136 valence electrons. The smallest absolute Gasteiger partial charge is 0.341 e. The molecule has 11 heteroatoms. The monoisotopic (exact) mass is 369 g/mol. The number of rotatable bonds is 5. The van der Waals surface area contributed by atoms with Crippen molar-refractivity contribution in [2.45, 2.75) is 0 Å². The normalized spacial score (nSPS) is 10.3. The zero-order valence-corrected chi connectivity index (χ0v) is 12.8. The number of halogens is 3. The Labute approximate surface area is 143 Å². The number of nitrogens with one attached hydrogen (secondary N) is 1. The summed E-state index contributed by atoms with van der Waals surface area (Å²) in [6.45, 7) is -0.917. The number of esters is 1. The summed E-state index contributed by atoms with van der Waals surface area (Å²) in [5, 5.41) is 12.6. The number of non-ortho nitro benzene ring substituents is 1. The molecule has 0 saturated heterocycles. The number of nitro benzene ring substituents is 1. The van der Waals surface area contributed by atoms with Crippen LogP contribution in [-0.4, -0.2) is 23.4 Å². The number of anilines is 2. The topological polar surface area (TPSA) is 125 Å². The Kier molecular flexibility index (Phi) is 5.40. The van der Waals surface area contributed by atoms with E-state index < -0.39 is 52.2 Å². The van der Waals surface area contributed by atoms with Gasteiger partial charge < -0.3 is 15.8 Å². The molecule has 3 N–H and O–H groups in total. The number of nitrogen functional groups attached to an aromatic ring is 1. The van der Waals surface area contributed by atoms with E-state index in [-0.39, 0.29) is 11.3 Å². The molecule has 0 spiro atoms. The highest BCUT2D eigenvalue weighted by atomic mass is 19.2. The average molecular weight is 369 g/mol. The third kappa shape index (κ3) is 4.06. The van der Waals surface area contributed by atoms with E-state index in [1.165, 1.54) is 0 Å². The summed E-state index contributed by atoms with van der Waals surface area (Å²) in [5.74, 6) is -7.01. The van der Waals surface area contributed by atoms with Crippen LogP contribution in [0.25, 0.3) is 0 Å². The van der Waals surface area contributed by atoms with Crippen molar-refractivity contribution in [3.05, 3.63) is 63.5 Å². The minimum absolute atomic E-state index is 0.118. The Morgan fingerprint density at radius 1 is 1.15 bits per heavy atom. The van der Waals surface area contributed by atoms with Crippen LogP contribution in [0.2, 0.25) is 0 Å². The highest BCUT2D eigenvalue weighted by Gasteiger charge is 2.19. The zero-order chi connectivity index (χ0) is 19.4. The Morgan fingerprint density at radius 2 is 1.85 bits per heavy atom. The van der Waals surface area contributed by atoms with Gasteiger partial charge in [-0.05, 0) is 18.2 Å². The number of nitro groups is 1. The first kappa shape index (κ1) is 18.7. The van der Waals surface area contributed by atoms with Crippen LogP contribution in [0.4, 0.5) is 30.2 Å². The molecule has 0 heterocycles. The molecule has 0 aliphatic carbocycles. The van der Waals surface area contributed by atoms with Crippen LogP contribution in [0.1, 0.15) is 10.4 Å². The van der Waals surface area contributed by atoms with Crippen LogP contribution in [-0.2, 0) is 9.53 Å². The summed E-state index contributed by atoms with van der Waals surface area (Å²) in [6, 6.07) is 4.44. The van der Waals surface area contributed by atoms with Crippen molar-refractivity contribution in [2.24, 2.45) is 0 Å². The van der Waals surface area contributed by atoms with Crippen LogP contribution in [0, 0.1) is 27.6 Å². The number of hydrogen-bond donors (Lipinski definition) is 2. The fourth-order valence-corrected chi connectivity index (χ4v) is 1.85. The fraction of sp³-hybridized carbons (Fsp3) is 0.0667. The van der Waals surface area contributed by atoms with Gasteiger partial charge in [0.1, 0.15) is 0 Å². The third-order valence-corrected chi connectivity index (χ3v) is 3.11. The molecule has 0 radical (unpaired) electrons. The van der Waals surface area contributed by atoms with Crippen molar-refractivity contribution in [2.75, 3.05) is 17.7 Å². The van der Waals surface area contributed by atoms with Gasteiger partial charge >= 0.3 is 5.97 Å². The first-order chi connectivity index (χ1) is 12.2. The van der Waals surface area contributed by atoms with Gasteiger partial charge in [-0.3, -0.25) is 14.9 Å². The maximum atomic E-state index is 13.4. The molecule has 2 aromatic carbocycles. The van der Waals surface area contributed by atoms with Crippen LogP contribution < -0.4 is 11.1 Å². The average Bonchev–Trinajstić information content (AvgIpc) is 2.60. The second-order valence-corrected chi connectivity index (χ2v) is 4.88. The van der Waals surface area contributed by atoms with Gasteiger partial charge in [0.25, 0.3) is 11.6 Å². The van der Waals surface area contributed by atoms with Crippen molar-refractivity contribution in [1.82, 2.24) is 0 Å². The minimum atomic E-state index is -1.77.